The fourth-order valence-electron chi connectivity index (χ4n) is 4.52. The number of benzene rings is 2. The Labute approximate surface area is 212 Å². The number of aryl methyl sites for hydroxylation is 1. The highest BCUT2D eigenvalue weighted by molar-refractivity contribution is 6.02. The molecule has 8 heteroatoms. The number of hydrogen-bond acceptors (Lipinski definition) is 6. The molecule has 8 nitrogen and oxygen atoms in total. The van der Waals surface area contributed by atoms with Gasteiger partial charge in [0.05, 0.1) is 5.69 Å². The van der Waals surface area contributed by atoms with Gasteiger partial charge in [-0.2, -0.15) is 0 Å². The van der Waals surface area contributed by atoms with Crippen molar-refractivity contribution in [2.45, 2.75) is 39.0 Å². The largest absolute Gasteiger partial charge is 0.485 e. The van der Waals surface area contributed by atoms with Crippen molar-refractivity contribution in [2.24, 2.45) is 0 Å². The van der Waals surface area contributed by atoms with Crippen molar-refractivity contribution in [3.05, 3.63) is 53.6 Å². The van der Waals surface area contributed by atoms with Crippen LogP contribution in [-0.4, -0.2) is 68.4 Å². The highest BCUT2D eigenvalue weighted by Gasteiger charge is 2.26. The first-order valence-electron chi connectivity index (χ1n) is 12.8. The predicted octanol–water partition coefficient (Wildman–Crippen LogP) is 3.23. The minimum atomic E-state index is -0.187. The number of Topliss-reactive ketones (excluding diaryl/α,β-unsaturated/α-hetero) is 1. The Morgan fingerprint density at radius 1 is 1.06 bits per heavy atom. The molecule has 2 aromatic carbocycles. The third-order valence-corrected chi connectivity index (χ3v) is 6.66. The van der Waals surface area contributed by atoms with Crippen molar-refractivity contribution < 1.29 is 23.9 Å². The molecule has 1 saturated heterocycles. The molecule has 0 bridgehead atoms. The molecule has 0 radical (unpaired) electrons. The third-order valence-electron chi connectivity index (χ3n) is 6.66. The summed E-state index contributed by atoms with van der Waals surface area (Å²) in [5.74, 6) is 0.805. The van der Waals surface area contributed by atoms with E-state index < -0.39 is 0 Å². The van der Waals surface area contributed by atoms with Gasteiger partial charge in [-0.1, -0.05) is 19.1 Å². The third kappa shape index (κ3) is 6.85. The Morgan fingerprint density at radius 3 is 2.58 bits per heavy atom. The van der Waals surface area contributed by atoms with E-state index in [0.29, 0.717) is 48.7 Å². The molecule has 2 heterocycles. The van der Waals surface area contributed by atoms with E-state index in [0.717, 1.165) is 26.1 Å². The molecule has 2 aliphatic rings. The normalized spacial score (nSPS) is 15.4. The summed E-state index contributed by atoms with van der Waals surface area (Å²) in [6.45, 7) is 6.05. The maximum absolute atomic E-state index is 12.8. The Kier molecular flexibility index (Phi) is 8.95. The number of carbonyl (C=O) groups is 3. The zero-order chi connectivity index (χ0) is 25.3. The van der Waals surface area contributed by atoms with Gasteiger partial charge in [-0.25, -0.2) is 0 Å². The molecule has 2 aliphatic heterocycles. The van der Waals surface area contributed by atoms with E-state index in [1.807, 2.05) is 24.3 Å². The highest BCUT2D eigenvalue weighted by atomic mass is 16.5. The Morgan fingerprint density at radius 2 is 1.83 bits per heavy atom. The van der Waals surface area contributed by atoms with Crippen LogP contribution in [0, 0.1) is 0 Å². The van der Waals surface area contributed by atoms with Crippen molar-refractivity contribution in [2.75, 3.05) is 50.8 Å². The quantitative estimate of drug-likeness (QED) is 0.457. The summed E-state index contributed by atoms with van der Waals surface area (Å²) in [7, 11) is 0. The second-order valence-corrected chi connectivity index (χ2v) is 9.23. The van der Waals surface area contributed by atoms with Gasteiger partial charge in [0.1, 0.15) is 11.5 Å². The van der Waals surface area contributed by atoms with Crippen LogP contribution in [0.2, 0.25) is 0 Å². The first kappa shape index (κ1) is 25.7. The molecule has 1 fully saturated rings. The number of nitrogens with one attached hydrogen (secondary N) is 1. The number of anilines is 1. The molecule has 0 atom stereocenters. The number of carbonyl (C=O) groups excluding carboxylic acids is 3. The molecule has 0 unspecified atom stereocenters. The van der Waals surface area contributed by atoms with Gasteiger partial charge >= 0.3 is 0 Å². The fraction of sp³-hybridized carbons (Fsp3) is 0.464. The summed E-state index contributed by atoms with van der Waals surface area (Å²) in [4.78, 5) is 41.6. The van der Waals surface area contributed by atoms with Gasteiger partial charge in [-0.15, -0.1) is 0 Å². The molecule has 2 amide bonds. The molecular formula is C28H35N3O5. The van der Waals surface area contributed by atoms with Crippen LogP contribution in [0.4, 0.5) is 5.69 Å². The Hall–Kier alpha value is -3.39. The lowest BCUT2D eigenvalue weighted by Crippen LogP contribution is -2.40. The minimum absolute atomic E-state index is 0.0109. The molecule has 1 N–H and O–H groups in total. The lowest BCUT2D eigenvalue weighted by molar-refractivity contribution is -0.122. The van der Waals surface area contributed by atoms with Crippen molar-refractivity contribution in [1.82, 2.24) is 10.2 Å². The molecule has 4 rings (SSSR count). The van der Waals surface area contributed by atoms with Gasteiger partial charge < -0.3 is 24.6 Å². The van der Waals surface area contributed by atoms with Crippen LogP contribution < -0.4 is 19.7 Å². The number of likely N-dealkylation sites (tertiary alicyclic amines) is 1. The monoisotopic (exact) mass is 493 g/mol. The van der Waals surface area contributed by atoms with E-state index >= 15 is 0 Å². The lowest BCUT2D eigenvalue weighted by Gasteiger charge is -2.29. The van der Waals surface area contributed by atoms with Gasteiger partial charge in [-0.05, 0) is 74.7 Å². The smallest absolute Gasteiger partial charge is 0.265 e. The van der Waals surface area contributed by atoms with Gasteiger partial charge in [0.2, 0.25) is 5.91 Å². The second-order valence-electron chi connectivity index (χ2n) is 9.23. The maximum atomic E-state index is 12.8. The number of rotatable bonds is 12. The Balaban J connectivity index is 1.29. The predicted molar refractivity (Wildman–Crippen MR) is 138 cm³/mol. The number of ketones is 1. The van der Waals surface area contributed by atoms with Crippen LogP contribution in [0.5, 0.6) is 11.5 Å². The molecule has 192 valence electrons. The highest BCUT2D eigenvalue weighted by Crippen LogP contribution is 2.33. The Bertz CT molecular complexity index is 1060. The second kappa shape index (κ2) is 12.5. The average Bonchev–Trinajstić information content (AvgIpc) is 3.42. The summed E-state index contributed by atoms with van der Waals surface area (Å²) in [6, 6.07) is 12.7. The van der Waals surface area contributed by atoms with Crippen LogP contribution in [0.1, 0.15) is 48.5 Å². The van der Waals surface area contributed by atoms with Gasteiger partial charge in [0.15, 0.2) is 19.0 Å². The van der Waals surface area contributed by atoms with Gasteiger partial charge in [-0.3, -0.25) is 14.4 Å². The SMILES string of the molecule is CCc1ccc(OCC(=O)c2ccc3c(c2)N(CCCC(=O)NCCN2CCCC2)C(=O)CO3)cc1. The first-order chi connectivity index (χ1) is 17.5. The zero-order valence-corrected chi connectivity index (χ0v) is 21.0. The maximum Gasteiger partial charge on any atom is 0.265 e. The standard InChI is InChI=1S/C28H35N3O5/c1-2-21-7-10-23(11-8-21)35-19-25(32)22-9-12-26-24(18-22)31(28(34)20-36-26)16-5-6-27(33)29-13-17-30-14-3-4-15-30/h7-12,18H,2-6,13-17,19-20H2,1H3,(H,29,33). The molecular weight excluding hydrogens is 458 g/mol. The van der Waals surface area contributed by atoms with Gasteiger partial charge in [0, 0.05) is 31.6 Å². The summed E-state index contributed by atoms with van der Waals surface area (Å²) in [5.41, 5.74) is 2.20. The van der Waals surface area contributed by atoms with E-state index in [-0.39, 0.29) is 30.8 Å². The molecule has 2 aromatic rings. The van der Waals surface area contributed by atoms with E-state index in [9.17, 15) is 14.4 Å². The summed E-state index contributed by atoms with van der Waals surface area (Å²) >= 11 is 0. The average molecular weight is 494 g/mol. The number of fused-ring (bicyclic) bond motifs is 1. The molecule has 36 heavy (non-hydrogen) atoms. The van der Waals surface area contributed by atoms with Crippen molar-refractivity contribution in [3.8, 4) is 11.5 Å². The molecule has 0 aliphatic carbocycles. The molecule has 0 aromatic heterocycles. The van der Waals surface area contributed by atoms with Crippen LogP contribution in [0.15, 0.2) is 42.5 Å². The van der Waals surface area contributed by atoms with Crippen LogP contribution in [-0.2, 0) is 16.0 Å². The van der Waals surface area contributed by atoms with Crippen LogP contribution in [0.25, 0.3) is 0 Å². The van der Waals surface area contributed by atoms with Crippen molar-refractivity contribution in [3.63, 3.8) is 0 Å². The molecule has 0 spiro atoms. The lowest BCUT2D eigenvalue weighted by atomic mass is 10.1. The zero-order valence-electron chi connectivity index (χ0n) is 21.0. The van der Waals surface area contributed by atoms with Gasteiger partial charge in [0.25, 0.3) is 5.91 Å². The number of hydrogen-bond donors (Lipinski definition) is 1. The van der Waals surface area contributed by atoms with Crippen LogP contribution >= 0.6 is 0 Å². The van der Waals surface area contributed by atoms with E-state index in [2.05, 4.69) is 17.1 Å². The van der Waals surface area contributed by atoms with Crippen molar-refractivity contribution in [1.29, 1.82) is 0 Å². The van der Waals surface area contributed by atoms with Crippen molar-refractivity contribution >= 4 is 23.3 Å². The van der Waals surface area contributed by atoms with E-state index in [1.54, 1.807) is 23.1 Å². The number of ether oxygens (including phenoxy) is 2. The summed E-state index contributed by atoms with van der Waals surface area (Å²) in [6.07, 6.45) is 4.26. The minimum Gasteiger partial charge on any atom is -0.485 e. The topological polar surface area (TPSA) is 88.2 Å². The molecule has 0 saturated carbocycles. The number of nitrogens with zero attached hydrogens (tertiary/aromatic N) is 2. The summed E-state index contributed by atoms with van der Waals surface area (Å²) in [5, 5.41) is 2.97. The van der Waals surface area contributed by atoms with E-state index in [4.69, 9.17) is 9.47 Å². The van der Waals surface area contributed by atoms with E-state index in [1.165, 1.54) is 18.4 Å². The summed E-state index contributed by atoms with van der Waals surface area (Å²) < 4.78 is 11.2. The van der Waals surface area contributed by atoms with Crippen LogP contribution in [0.3, 0.4) is 0 Å². The fourth-order valence-corrected chi connectivity index (χ4v) is 4.52. The number of amides is 2. The first-order valence-corrected chi connectivity index (χ1v) is 12.8.